The third-order valence-electron chi connectivity index (χ3n) is 1.83. The lowest BCUT2D eigenvalue weighted by molar-refractivity contribution is 0.440. The van der Waals surface area contributed by atoms with Crippen LogP contribution in [0.4, 0.5) is 0 Å². The zero-order valence-electron chi connectivity index (χ0n) is 7.87. The molecule has 14 heavy (non-hydrogen) atoms. The van der Waals surface area contributed by atoms with Gasteiger partial charge in [0.2, 0.25) is 5.88 Å². The highest BCUT2D eigenvalue weighted by Crippen LogP contribution is 2.10. The van der Waals surface area contributed by atoms with E-state index < -0.39 is 0 Å². The number of unbranched alkanes of at least 4 members (excludes halogenated alkanes) is 1. The van der Waals surface area contributed by atoms with Crippen LogP contribution in [0.25, 0.3) is 0 Å². The lowest BCUT2D eigenvalue weighted by atomic mass is 10.1. The minimum atomic E-state index is -0.326. The summed E-state index contributed by atoms with van der Waals surface area (Å²) >= 11 is 0. The maximum absolute atomic E-state index is 11.3. The molecule has 0 aliphatic carbocycles. The molecule has 5 heteroatoms. The van der Waals surface area contributed by atoms with Crippen molar-refractivity contribution in [2.75, 3.05) is 0 Å². The van der Waals surface area contributed by atoms with Crippen molar-refractivity contribution < 1.29 is 5.11 Å². The number of aromatic amines is 1. The van der Waals surface area contributed by atoms with Gasteiger partial charge in [0.25, 0.3) is 5.56 Å². The summed E-state index contributed by atoms with van der Waals surface area (Å²) in [6, 6.07) is 1.97. The summed E-state index contributed by atoms with van der Waals surface area (Å²) < 4.78 is 0. The molecule has 0 spiro atoms. The van der Waals surface area contributed by atoms with Gasteiger partial charge in [-0.05, 0) is 19.8 Å². The number of nitrogens with one attached hydrogen (secondary N) is 1. The van der Waals surface area contributed by atoms with E-state index in [1.54, 1.807) is 6.92 Å². The molecule has 0 aliphatic rings. The van der Waals surface area contributed by atoms with Gasteiger partial charge in [0.05, 0.1) is 11.6 Å². The van der Waals surface area contributed by atoms with Gasteiger partial charge in [-0.15, -0.1) is 0 Å². The molecule has 0 unspecified atom stereocenters. The number of nitriles is 1. The summed E-state index contributed by atoms with van der Waals surface area (Å²) in [5, 5.41) is 17.7. The number of aromatic nitrogens is 2. The van der Waals surface area contributed by atoms with Crippen LogP contribution in [0, 0.1) is 18.3 Å². The van der Waals surface area contributed by atoms with E-state index in [0.29, 0.717) is 25.1 Å². The highest BCUT2D eigenvalue weighted by atomic mass is 16.3. The van der Waals surface area contributed by atoms with Crippen LogP contribution in [0.3, 0.4) is 0 Å². The number of nitrogens with zero attached hydrogens (tertiary/aromatic N) is 2. The molecule has 1 heterocycles. The Kier molecular flexibility index (Phi) is 3.24. The first-order valence-corrected chi connectivity index (χ1v) is 4.31. The van der Waals surface area contributed by atoms with E-state index in [1.165, 1.54) is 0 Å². The van der Waals surface area contributed by atoms with Crippen molar-refractivity contribution in [3.8, 4) is 11.9 Å². The van der Waals surface area contributed by atoms with Crippen molar-refractivity contribution in [3.05, 3.63) is 21.7 Å². The first kappa shape index (κ1) is 10.3. The van der Waals surface area contributed by atoms with Crippen LogP contribution in [0.15, 0.2) is 4.79 Å². The van der Waals surface area contributed by atoms with Crippen molar-refractivity contribution in [1.29, 1.82) is 5.26 Å². The van der Waals surface area contributed by atoms with Gasteiger partial charge in [0, 0.05) is 6.42 Å². The van der Waals surface area contributed by atoms with Gasteiger partial charge in [0.15, 0.2) is 0 Å². The van der Waals surface area contributed by atoms with Crippen LogP contribution in [-0.2, 0) is 6.42 Å². The predicted molar refractivity (Wildman–Crippen MR) is 49.8 cm³/mol. The van der Waals surface area contributed by atoms with Gasteiger partial charge in [-0.1, -0.05) is 0 Å². The summed E-state index contributed by atoms with van der Waals surface area (Å²) in [7, 11) is 0. The number of hydrogen-bond donors (Lipinski definition) is 2. The molecule has 0 saturated heterocycles. The molecule has 0 atom stereocenters. The van der Waals surface area contributed by atoms with Gasteiger partial charge in [-0.25, -0.2) is 4.98 Å². The van der Waals surface area contributed by atoms with Crippen molar-refractivity contribution in [3.63, 3.8) is 0 Å². The number of hydrogen-bond acceptors (Lipinski definition) is 4. The largest absolute Gasteiger partial charge is 0.493 e. The summed E-state index contributed by atoms with van der Waals surface area (Å²) in [5.74, 6) is 0.153. The highest BCUT2D eigenvalue weighted by Gasteiger charge is 2.08. The standard InChI is InChI=1S/C9H11N3O2/c1-6-11-8(13)7(9(14)12-6)4-2-3-5-10/h2-4H2,1H3,(H2,11,12,13,14). The predicted octanol–water partition coefficient (Wildman–Crippen LogP) is 0.630. The molecule has 2 N–H and O–H groups in total. The molecule has 1 aromatic heterocycles. The monoisotopic (exact) mass is 193 g/mol. The molecule has 0 amide bonds. The average molecular weight is 193 g/mol. The third kappa shape index (κ3) is 2.33. The Morgan fingerprint density at radius 2 is 2.36 bits per heavy atom. The Morgan fingerprint density at radius 3 is 2.93 bits per heavy atom. The van der Waals surface area contributed by atoms with E-state index in [-0.39, 0.29) is 17.0 Å². The summed E-state index contributed by atoms with van der Waals surface area (Å²) in [4.78, 5) is 17.5. The van der Waals surface area contributed by atoms with Gasteiger partial charge in [0.1, 0.15) is 5.82 Å². The van der Waals surface area contributed by atoms with E-state index in [4.69, 9.17) is 5.26 Å². The zero-order chi connectivity index (χ0) is 10.6. The van der Waals surface area contributed by atoms with Crippen molar-refractivity contribution >= 4 is 0 Å². The Hall–Kier alpha value is -1.83. The summed E-state index contributed by atoms with van der Waals surface area (Å²) in [6.45, 7) is 1.60. The molecule has 1 rings (SSSR count). The molecule has 74 valence electrons. The fourth-order valence-corrected chi connectivity index (χ4v) is 1.17. The maximum atomic E-state index is 11.3. The SMILES string of the molecule is Cc1nc(O)c(CCCC#N)c(=O)[nH]1. The fraction of sp³-hybridized carbons (Fsp3) is 0.444. The molecule has 0 saturated carbocycles. The minimum absolute atomic E-state index is 0.232. The number of aromatic hydroxyl groups is 1. The average Bonchev–Trinajstić information content (AvgIpc) is 2.09. The fourth-order valence-electron chi connectivity index (χ4n) is 1.17. The highest BCUT2D eigenvalue weighted by molar-refractivity contribution is 5.22. The molecular formula is C9H11N3O2. The van der Waals surface area contributed by atoms with Crippen LogP contribution in [0.1, 0.15) is 24.2 Å². The first-order valence-electron chi connectivity index (χ1n) is 4.31. The van der Waals surface area contributed by atoms with E-state index in [1.807, 2.05) is 6.07 Å². The third-order valence-corrected chi connectivity index (χ3v) is 1.83. The topological polar surface area (TPSA) is 89.8 Å². The van der Waals surface area contributed by atoms with E-state index in [9.17, 15) is 9.90 Å². The molecule has 5 nitrogen and oxygen atoms in total. The number of aryl methyl sites for hydroxylation is 1. The molecule has 0 fully saturated rings. The summed E-state index contributed by atoms with van der Waals surface area (Å²) in [6.07, 6.45) is 1.30. The van der Waals surface area contributed by atoms with Crippen LogP contribution >= 0.6 is 0 Å². The van der Waals surface area contributed by atoms with Crippen LogP contribution < -0.4 is 5.56 Å². The Morgan fingerprint density at radius 1 is 1.64 bits per heavy atom. The van der Waals surface area contributed by atoms with Gasteiger partial charge in [-0.3, -0.25) is 4.79 Å². The van der Waals surface area contributed by atoms with Crippen molar-refractivity contribution in [2.24, 2.45) is 0 Å². The quantitative estimate of drug-likeness (QED) is 0.689. The van der Waals surface area contributed by atoms with Gasteiger partial charge < -0.3 is 10.1 Å². The smallest absolute Gasteiger partial charge is 0.257 e. The Bertz CT molecular complexity index is 417. The maximum Gasteiger partial charge on any atom is 0.257 e. The number of H-pyrrole nitrogens is 1. The molecule has 0 aromatic carbocycles. The Balaban J connectivity index is 2.87. The van der Waals surface area contributed by atoms with Gasteiger partial charge in [-0.2, -0.15) is 5.26 Å². The molecule has 0 bridgehead atoms. The zero-order valence-corrected chi connectivity index (χ0v) is 7.87. The van der Waals surface area contributed by atoms with Crippen molar-refractivity contribution in [1.82, 2.24) is 9.97 Å². The molecule has 1 aromatic rings. The first-order chi connectivity index (χ1) is 6.65. The van der Waals surface area contributed by atoms with E-state index >= 15 is 0 Å². The second-order valence-corrected chi connectivity index (χ2v) is 2.97. The van der Waals surface area contributed by atoms with Crippen LogP contribution in [-0.4, -0.2) is 15.1 Å². The Labute approximate surface area is 81.0 Å². The van der Waals surface area contributed by atoms with E-state index in [0.717, 1.165) is 0 Å². The molecule has 0 radical (unpaired) electrons. The lowest BCUT2D eigenvalue weighted by Gasteiger charge is -2.01. The minimum Gasteiger partial charge on any atom is -0.493 e. The number of rotatable bonds is 3. The van der Waals surface area contributed by atoms with Crippen molar-refractivity contribution in [2.45, 2.75) is 26.2 Å². The molecular weight excluding hydrogens is 182 g/mol. The van der Waals surface area contributed by atoms with Crippen LogP contribution in [0.2, 0.25) is 0 Å². The molecule has 0 aliphatic heterocycles. The summed E-state index contributed by atoms with van der Waals surface area (Å²) in [5.41, 5.74) is -0.0706. The lowest BCUT2D eigenvalue weighted by Crippen LogP contribution is -2.15. The second-order valence-electron chi connectivity index (χ2n) is 2.97. The normalized spacial score (nSPS) is 9.71. The van der Waals surface area contributed by atoms with E-state index in [2.05, 4.69) is 9.97 Å². The van der Waals surface area contributed by atoms with Crippen LogP contribution in [0.5, 0.6) is 5.88 Å². The van der Waals surface area contributed by atoms with Gasteiger partial charge >= 0.3 is 0 Å². The second kappa shape index (κ2) is 4.42.